The topological polar surface area (TPSA) is 44.8 Å². The van der Waals surface area contributed by atoms with Gasteiger partial charge in [-0.25, -0.2) is 9.97 Å². The molecule has 4 nitrogen and oxygen atoms in total. The number of thiazole rings is 1. The maximum atomic E-state index is 5.10. The van der Waals surface area contributed by atoms with Crippen LogP contribution in [0.3, 0.4) is 0 Å². The minimum absolute atomic E-state index is 0.575. The molecule has 1 aromatic carbocycles. The number of aromatic amines is 1. The van der Waals surface area contributed by atoms with Gasteiger partial charge in [0.1, 0.15) is 0 Å². The van der Waals surface area contributed by atoms with Crippen molar-refractivity contribution < 1.29 is 0 Å². The van der Waals surface area contributed by atoms with E-state index in [0.717, 1.165) is 31.7 Å². The van der Waals surface area contributed by atoms with Crippen molar-refractivity contribution in [3.8, 4) is 11.3 Å². The molecule has 0 fully saturated rings. The Morgan fingerprint density at radius 3 is 2.96 bits per heavy atom. The minimum Gasteiger partial charge on any atom is -0.334 e. The van der Waals surface area contributed by atoms with E-state index in [1.54, 1.807) is 11.3 Å². The molecule has 0 aliphatic carbocycles. The summed E-state index contributed by atoms with van der Waals surface area (Å²) < 4.78 is 0.575. The van der Waals surface area contributed by atoms with Crippen LogP contribution in [0.1, 0.15) is 16.1 Å². The van der Waals surface area contributed by atoms with Gasteiger partial charge in [0, 0.05) is 53.9 Å². The number of benzene rings is 1. The molecule has 0 unspecified atom stereocenters. The van der Waals surface area contributed by atoms with Gasteiger partial charge in [0.05, 0.1) is 11.2 Å². The van der Waals surface area contributed by atoms with Gasteiger partial charge in [-0.3, -0.25) is 4.90 Å². The van der Waals surface area contributed by atoms with Gasteiger partial charge in [0.25, 0.3) is 0 Å². The lowest BCUT2D eigenvalue weighted by Gasteiger charge is -2.27. The SMILES string of the molecule is S=c1ncc2c([nH]1)CCN(Cc1scnc1-c1ccccc1)C2. The minimum atomic E-state index is 0.575. The molecule has 1 aliphatic rings. The van der Waals surface area contributed by atoms with Crippen LogP contribution >= 0.6 is 23.6 Å². The maximum Gasteiger partial charge on any atom is 0.196 e. The molecule has 1 N–H and O–H groups in total. The van der Waals surface area contributed by atoms with Gasteiger partial charge in [0.15, 0.2) is 4.77 Å². The first-order valence-electron chi connectivity index (χ1n) is 7.57. The van der Waals surface area contributed by atoms with Gasteiger partial charge in [0.2, 0.25) is 0 Å². The van der Waals surface area contributed by atoms with E-state index in [9.17, 15) is 0 Å². The van der Waals surface area contributed by atoms with Crippen LogP contribution in [-0.4, -0.2) is 26.4 Å². The van der Waals surface area contributed by atoms with Crippen molar-refractivity contribution in [2.75, 3.05) is 6.54 Å². The number of fused-ring (bicyclic) bond motifs is 1. The van der Waals surface area contributed by atoms with Gasteiger partial charge in [-0.15, -0.1) is 11.3 Å². The normalized spacial score (nSPS) is 14.6. The fourth-order valence-corrected chi connectivity index (χ4v) is 3.96. The van der Waals surface area contributed by atoms with Crippen molar-refractivity contribution in [3.63, 3.8) is 0 Å². The Morgan fingerprint density at radius 1 is 1.22 bits per heavy atom. The van der Waals surface area contributed by atoms with Crippen LogP contribution in [0, 0.1) is 4.77 Å². The number of nitrogens with zero attached hydrogens (tertiary/aromatic N) is 3. The van der Waals surface area contributed by atoms with Crippen LogP contribution in [0.4, 0.5) is 0 Å². The molecular weight excluding hydrogens is 324 g/mol. The second kappa shape index (κ2) is 6.31. The predicted octanol–water partition coefficient (Wildman–Crippen LogP) is 3.82. The molecule has 3 heterocycles. The molecule has 4 rings (SSSR count). The highest BCUT2D eigenvalue weighted by molar-refractivity contribution is 7.71. The van der Waals surface area contributed by atoms with Crippen LogP contribution < -0.4 is 0 Å². The highest BCUT2D eigenvalue weighted by Crippen LogP contribution is 2.28. The molecule has 1 aliphatic heterocycles. The third-order valence-electron chi connectivity index (χ3n) is 4.11. The Balaban J connectivity index is 1.55. The summed E-state index contributed by atoms with van der Waals surface area (Å²) in [5, 5.41) is 0. The van der Waals surface area contributed by atoms with Gasteiger partial charge >= 0.3 is 0 Å². The number of aromatic nitrogens is 3. The number of hydrogen-bond donors (Lipinski definition) is 1. The fraction of sp³-hybridized carbons (Fsp3) is 0.235. The Hall–Kier alpha value is -1.89. The molecule has 0 saturated carbocycles. The van der Waals surface area contributed by atoms with E-state index in [-0.39, 0.29) is 0 Å². The highest BCUT2D eigenvalue weighted by Gasteiger charge is 2.19. The number of H-pyrrole nitrogens is 1. The van der Waals surface area contributed by atoms with Crippen molar-refractivity contribution in [3.05, 3.63) is 62.9 Å². The summed E-state index contributed by atoms with van der Waals surface area (Å²) in [6.45, 7) is 2.85. The molecular formula is C17H16N4S2. The average Bonchev–Trinajstić information content (AvgIpc) is 3.04. The molecule has 0 atom stereocenters. The van der Waals surface area contributed by atoms with E-state index in [1.807, 2.05) is 17.8 Å². The Kier molecular flexibility index (Phi) is 4.03. The summed E-state index contributed by atoms with van der Waals surface area (Å²) in [6, 6.07) is 10.4. The van der Waals surface area contributed by atoms with Gasteiger partial charge < -0.3 is 4.98 Å². The van der Waals surface area contributed by atoms with Gasteiger partial charge in [-0.05, 0) is 12.2 Å². The summed E-state index contributed by atoms with van der Waals surface area (Å²) in [6.07, 6.45) is 2.89. The first-order valence-corrected chi connectivity index (χ1v) is 8.85. The lowest BCUT2D eigenvalue weighted by atomic mass is 10.1. The molecule has 0 bridgehead atoms. The lowest BCUT2D eigenvalue weighted by Crippen LogP contribution is -2.30. The summed E-state index contributed by atoms with van der Waals surface area (Å²) >= 11 is 6.83. The number of hydrogen-bond acceptors (Lipinski definition) is 5. The summed E-state index contributed by atoms with van der Waals surface area (Å²) in [5.41, 5.74) is 6.71. The number of nitrogens with one attached hydrogen (secondary N) is 1. The first kappa shape index (κ1) is 14.7. The predicted molar refractivity (Wildman–Crippen MR) is 94.8 cm³/mol. The second-order valence-corrected chi connectivity index (χ2v) is 6.97. The van der Waals surface area contributed by atoms with Crippen molar-refractivity contribution in [1.82, 2.24) is 19.9 Å². The van der Waals surface area contributed by atoms with E-state index in [2.05, 4.69) is 44.1 Å². The average molecular weight is 340 g/mol. The molecule has 2 aromatic heterocycles. The van der Waals surface area contributed by atoms with Crippen LogP contribution in [0.5, 0.6) is 0 Å². The van der Waals surface area contributed by atoms with Crippen molar-refractivity contribution in [1.29, 1.82) is 0 Å². The Morgan fingerprint density at radius 2 is 2.09 bits per heavy atom. The van der Waals surface area contributed by atoms with Crippen LogP contribution in [0.2, 0.25) is 0 Å². The van der Waals surface area contributed by atoms with Crippen LogP contribution in [0.15, 0.2) is 42.0 Å². The zero-order chi connectivity index (χ0) is 15.6. The maximum absolute atomic E-state index is 5.10. The third kappa shape index (κ3) is 3.10. The summed E-state index contributed by atoms with van der Waals surface area (Å²) in [7, 11) is 0. The molecule has 6 heteroatoms. The van der Waals surface area contributed by atoms with Crippen LogP contribution in [-0.2, 0) is 19.5 Å². The smallest absolute Gasteiger partial charge is 0.196 e. The second-order valence-electron chi connectivity index (χ2n) is 5.64. The highest BCUT2D eigenvalue weighted by atomic mass is 32.1. The van der Waals surface area contributed by atoms with E-state index < -0.39 is 0 Å². The van der Waals surface area contributed by atoms with E-state index >= 15 is 0 Å². The van der Waals surface area contributed by atoms with Crippen molar-refractivity contribution >= 4 is 23.6 Å². The fourth-order valence-electron chi connectivity index (χ4n) is 2.96. The van der Waals surface area contributed by atoms with Crippen molar-refractivity contribution in [2.24, 2.45) is 0 Å². The quantitative estimate of drug-likeness (QED) is 0.736. The van der Waals surface area contributed by atoms with E-state index in [0.29, 0.717) is 4.77 Å². The van der Waals surface area contributed by atoms with E-state index in [4.69, 9.17) is 12.2 Å². The molecule has 0 spiro atoms. The molecule has 0 saturated heterocycles. The number of rotatable bonds is 3. The molecule has 23 heavy (non-hydrogen) atoms. The van der Waals surface area contributed by atoms with Crippen molar-refractivity contribution in [2.45, 2.75) is 19.5 Å². The van der Waals surface area contributed by atoms with Gasteiger partial charge in [-0.1, -0.05) is 30.3 Å². The lowest BCUT2D eigenvalue weighted by molar-refractivity contribution is 0.245. The van der Waals surface area contributed by atoms with Gasteiger partial charge in [-0.2, -0.15) is 0 Å². The molecule has 116 valence electrons. The molecule has 0 amide bonds. The Bertz CT molecular complexity index is 870. The third-order valence-corrected chi connectivity index (χ3v) is 5.14. The summed E-state index contributed by atoms with van der Waals surface area (Å²) in [5.74, 6) is 0. The zero-order valence-electron chi connectivity index (χ0n) is 12.5. The van der Waals surface area contributed by atoms with E-state index in [1.165, 1.54) is 21.7 Å². The molecule has 0 radical (unpaired) electrons. The largest absolute Gasteiger partial charge is 0.334 e. The van der Waals surface area contributed by atoms with Crippen LogP contribution in [0.25, 0.3) is 11.3 Å². The zero-order valence-corrected chi connectivity index (χ0v) is 14.2. The standard InChI is InChI=1S/C17H16N4S2/c22-17-18-8-13-9-21(7-6-14(13)20-17)10-15-16(19-11-23-15)12-4-2-1-3-5-12/h1-5,8,11H,6-7,9-10H2,(H,18,20,22). The Labute approximate surface area is 143 Å². The summed E-state index contributed by atoms with van der Waals surface area (Å²) in [4.78, 5) is 15.8. The monoisotopic (exact) mass is 340 g/mol. The molecule has 3 aromatic rings. The first-order chi connectivity index (χ1) is 11.3.